The number of hydrogen-bond donors (Lipinski definition) is 1. The van der Waals surface area contributed by atoms with E-state index in [2.05, 4.69) is 21.8 Å². The Morgan fingerprint density at radius 1 is 1.38 bits per heavy atom. The first-order valence-electron chi connectivity index (χ1n) is 4.87. The standard InChI is InChI=1S/C11H11N3S2/c1-8-6-16-11(14-8)5-13-4-10-2-9(3-12)7-15-10/h2,6-7,13H,4-5H2,1H3. The summed E-state index contributed by atoms with van der Waals surface area (Å²) in [5.41, 5.74) is 1.82. The first-order chi connectivity index (χ1) is 7.78. The maximum Gasteiger partial charge on any atom is 0.107 e. The van der Waals surface area contributed by atoms with Crippen LogP contribution in [0, 0.1) is 18.3 Å². The predicted octanol–water partition coefficient (Wildman–Crippen LogP) is 2.67. The maximum atomic E-state index is 8.69. The van der Waals surface area contributed by atoms with Crippen molar-refractivity contribution in [2.24, 2.45) is 0 Å². The summed E-state index contributed by atoms with van der Waals surface area (Å²) in [6.07, 6.45) is 0. The van der Waals surface area contributed by atoms with Crippen LogP contribution in [0.15, 0.2) is 16.8 Å². The molecule has 0 aromatic carbocycles. The number of thiophene rings is 1. The van der Waals surface area contributed by atoms with Crippen LogP contribution in [0.1, 0.15) is 21.1 Å². The first kappa shape index (κ1) is 11.3. The van der Waals surface area contributed by atoms with Crippen molar-refractivity contribution in [2.45, 2.75) is 20.0 Å². The Balaban J connectivity index is 1.82. The molecule has 0 atom stereocenters. The lowest BCUT2D eigenvalue weighted by Gasteiger charge is -1.98. The Hall–Kier alpha value is -1.22. The molecule has 2 rings (SSSR count). The van der Waals surface area contributed by atoms with Crippen LogP contribution in [0.3, 0.4) is 0 Å². The maximum absolute atomic E-state index is 8.69. The lowest BCUT2D eigenvalue weighted by molar-refractivity contribution is 0.696. The lowest BCUT2D eigenvalue weighted by atomic mass is 10.3. The molecule has 0 spiro atoms. The number of aromatic nitrogens is 1. The highest BCUT2D eigenvalue weighted by atomic mass is 32.1. The Morgan fingerprint density at radius 2 is 2.25 bits per heavy atom. The highest BCUT2D eigenvalue weighted by molar-refractivity contribution is 7.10. The zero-order valence-corrected chi connectivity index (χ0v) is 10.5. The molecule has 0 bridgehead atoms. The summed E-state index contributed by atoms with van der Waals surface area (Å²) in [6.45, 7) is 3.59. The van der Waals surface area contributed by atoms with E-state index in [1.165, 1.54) is 4.88 Å². The van der Waals surface area contributed by atoms with Crippen molar-refractivity contribution >= 4 is 22.7 Å². The average Bonchev–Trinajstić information content (AvgIpc) is 2.88. The molecule has 0 saturated heterocycles. The second kappa shape index (κ2) is 5.21. The summed E-state index contributed by atoms with van der Waals surface area (Å²) < 4.78 is 0. The highest BCUT2D eigenvalue weighted by Crippen LogP contribution is 2.14. The molecule has 0 amide bonds. The monoisotopic (exact) mass is 249 g/mol. The molecule has 2 aromatic rings. The van der Waals surface area contributed by atoms with Crippen LogP contribution in [0.5, 0.6) is 0 Å². The van der Waals surface area contributed by atoms with Crippen molar-refractivity contribution in [3.05, 3.63) is 38.0 Å². The summed E-state index contributed by atoms with van der Waals surface area (Å²) >= 11 is 3.28. The largest absolute Gasteiger partial charge is 0.306 e. The minimum absolute atomic E-state index is 0.742. The minimum Gasteiger partial charge on any atom is -0.306 e. The van der Waals surface area contributed by atoms with Gasteiger partial charge >= 0.3 is 0 Å². The van der Waals surface area contributed by atoms with Gasteiger partial charge in [0.05, 0.1) is 5.56 Å². The number of rotatable bonds is 4. The summed E-state index contributed by atoms with van der Waals surface area (Å²) in [6, 6.07) is 4.05. The molecule has 2 aromatic heterocycles. The molecule has 0 radical (unpaired) electrons. The molecule has 2 heterocycles. The molecule has 0 aliphatic rings. The van der Waals surface area contributed by atoms with Crippen LogP contribution in [-0.2, 0) is 13.1 Å². The third-order valence-corrected chi connectivity index (χ3v) is 3.93. The zero-order chi connectivity index (χ0) is 11.4. The number of hydrogen-bond acceptors (Lipinski definition) is 5. The van der Waals surface area contributed by atoms with Gasteiger partial charge < -0.3 is 5.32 Å². The molecule has 0 fully saturated rings. The van der Waals surface area contributed by atoms with E-state index in [1.54, 1.807) is 22.7 Å². The van der Waals surface area contributed by atoms with Gasteiger partial charge in [0.1, 0.15) is 11.1 Å². The van der Waals surface area contributed by atoms with Crippen LogP contribution >= 0.6 is 22.7 Å². The number of nitriles is 1. The van der Waals surface area contributed by atoms with E-state index >= 15 is 0 Å². The van der Waals surface area contributed by atoms with Crippen molar-refractivity contribution in [3.63, 3.8) is 0 Å². The van der Waals surface area contributed by atoms with E-state index in [9.17, 15) is 0 Å². The predicted molar refractivity (Wildman–Crippen MR) is 66.4 cm³/mol. The molecule has 3 nitrogen and oxygen atoms in total. The average molecular weight is 249 g/mol. The summed E-state index contributed by atoms with van der Waals surface area (Å²) in [5.74, 6) is 0. The summed E-state index contributed by atoms with van der Waals surface area (Å²) in [5, 5.41) is 17.0. The number of thiazole rings is 1. The third-order valence-electron chi connectivity index (χ3n) is 2.02. The fraction of sp³-hybridized carbons (Fsp3) is 0.273. The van der Waals surface area contributed by atoms with Gasteiger partial charge in [0.25, 0.3) is 0 Å². The smallest absolute Gasteiger partial charge is 0.107 e. The Labute approximate surface area is 102 Å². The van der Waals surface area contributed by atoms with Gasteiger partial charge in [-0.2, -0.15) is 5.26 Å². The molecule has 0 unspecified atom stereocenters. The van der Waals surface area contributed by atoms with Gasteiger partial charge in [-0.05, 0) is 13.0 Å². The Bertz CT molecular complexity index is 507. The number of aryl methyl sites for hydroxylation is 1. The molecule has 16 heavy (non-hydrogen) atoms. The fourth-order valence-corrected chi connectivity index (χ4v) is 2.83. The van der Waals surface area contributed by atoms with Crippen molar-refractivity contribution < 1.29 is 0 Å². The van der Waals surface area contributed by atoms with Gasteiger partial charge in [0, 0.05) is 34.4 Å². The van der Waals surface area contributed by atoms with Crippen molar-refractivity contribution in [2.75, 3.05) is 0 Å². The van der Waals surface area contributed by atoms with Crippen LogP contribution in [0.2, 0.25) is 0 Å². The van der Waals surface area contributed by atoms with Crippen LogP contribution in [0.4, 0.5) is 0 Å². The molecule has 0 saturated carbocycles. The van der Waals surface area contributed by atoms with Gasteiger partial charge in [-0.1, -0.05) is 0 Å². The van der Waals surface area contributed by atoms with E-state index in [-0.39, 0.29) is 0 Å². The third kappa shape index (κ3) is 2.89. The van der Waals surface area contributed by atoms with Crippen molar-refractivity contribution in [1.29, 1.82) is 5.26 Å². The fourth-order valence-electron chi connectivity index (χ4n) is 1.31. The van der Waals surface area contributed by atoms with E-state index in [1.807, 2.05) is 18.4 Å². The summed E-state index contributed by atoms with van der Waals surface area (Å²) in [4.78, 5) is 5.56. The lowest BCUT2D eigenvalue weighted by Crippen LogP contribution is -2.11. The molecule has 0 aliphatic heterocycles. The molecule has 82 valence electrons. The topological polar surface area (TPSA) is 48.7 Å². The van der Waals surface area contributed by atoms with E-state index < -0.39 is 0 Å². The zero-order valence-electron chi connectivity index (χ0n) is 8.86. The normalized spacial score (nSPS) is 10.2. The van der Waals surface area contributed by atoms with E-state index in [4.69, 9.17) is 5.26 Å². The molecular weight excluding hydrogens is 238 g/mol. The molecule has 5 heteroatoms. The van der Waals surface area contributed by atoms with Crippen LogP contribution < -0.4 is 5.32 Å². The number of nitrogens with zero attached hydrogens (tertiary/aromatic N) is 2. The minimum atomic E-state index is 0.742. The van der Waals surface area contributed by atoms with Gasteiger partial charge in [-0.15, -0.1) is 22.7 Å². The number of nitrogens with one attached hydrogen (secondary N) is 1. The first-order valence-corrected chi connectivity index (χ1v) is 6.63. The van der Waals surface area contributed by atoms with Gasteiger partial charge in [-0.3, -0.25) is 0 Å². The SMILES string of the molecule is Cc1csc(CNCc2cc(C#N)cs2)n1. The van der Waals surface area contributed by atoms with Gasteiger partial charge in [0.2, 0.25) is 0 Å². The highest BCUT2D eigenvalue weighted by Gasteiger charge is 2.00. The Morgan fingerprint density at radius 3 is 2.88 bits per heavy atom. The van der Waals surface area contributed by atoms with Crippen LogP contribution in [-0.4, -0.2) is 4.98 Å². The van der Waals surface area contributed by atoms with E-state index in [0.717, 1.165) is 29.4 Å². The second-order valence-electron chi connectivity index (χ2n) is 3.40. The van der Waals surface area contributed by atoms with E-state index in [0.29, 0.717) is 0 Å². The molecule has 0 aliphatic carbocycles. The molecular formula is C11H11N3S2. The quantitative estimate of drug-likeness (QED) is 0.906. The molecule has 1 N–H and O–H groups in total. The van der Waals surface area contributed by atoms with Gasteiger partial charge in [-0.25, -0.2) is 4.98 Å². The Kier molecular flexibility index (Phi) is 3.67. The van der Waals surface area contributed by atoms with Crippen molar-refractivity contribution in [3.8, 4) is 6.07 Å². The second-order valence-corrected chi connectivity index (χ2v) is 5.34. The van der Waals surface area contributed by atoms with Gasteiger partial charge in [0.15, 0.2) is 0 Å². The van der Waals surface area contributed by atoms with Crippen molar-refractivity contribution in [1.82, 2.24) is 10.3 Å². The summed E-state index contributed by atoms with van der Waals surface area (Å²) in [7, 11) is 0. The van der Waals surface area contributed by atoms with Crippen LogP contribution in [0.25, 0.3) is 0 Å².